The van der Waals surface area contributed by atoms with Gasteiger partial charge in [0.1, 0.15) is 0 Å². The van der Waals surface area contributed by atoms with Crippen LogP contribution in [0.3, 0.4) is 0 Å². The van der Waals surface area contributed by atoms with Crippen LogP contribution in [0, 0.1) is 19.8 Å². The number of nitrogens with zero attached hydrogens (tertiary/aromatic N) is 2. The molecule has 3 rings (SSSR count). The Hall–Kier alpha value is -1.35. The second-order valence-electron chi connectivity index (χ2n) is 7.21. The van der Waals surface area contributed by atoms with Crippen molar-refractivity contribution < 1.29 is 25.8 Å². The molecule has 0 spiro atoms. The van der Waals surface area contributed by atoms with Crippen molar-refractivity contribution in [1.29, 1.82) is 0 Å². The Morgan fingerprint density at radius 1 is 0.704 bits per heavy atom. The maximum absolute atomic E-state index is 3.90. The summed E-state index contributed by atoms with van der Waals surface area (Å²) in [4.78, 5) is 4.12. The Morgan fingerprint density at radius 3 is 1.22 bits per heavy atom. The summed E-state index contributed by atoms with van der Waals surface area (Å²) in [6.07, 6.45) is 5.71. The van der Waals surface area contributed by atoms with Crippen LogP contribution >= 0.6 is 0 Å². The summed E-state index contributed by atoms with van der Waals surface area (Å²) in [7, 11) is 8.07. The number of benzene rings is 2. The van der Waals surface area contributed by atoms with Crippen LogP contribution in [-0.2, 0) is 25.8 Å². The maximum Gasteiger partial charge on any atom is 3.00 e. The van der Waals surface area contributed by atoms with E-state index in [1.807, 2.05) is 64.6 Å². The summed E-state index contributed by atoms with van der Waals surface area (Å²) in [5.74, 6) is 1.70. The van der Waals surface area contributed by atoms with Gasteiger partial charge in [-0.05, 0) is 28.2 Å². The van der Waals surface area contributed by atoms with Gasteiger partial charge in [-0.1, -0.05) is 48.5 Å². The molecule has 0 bridgehead atoms. The van der Waals surface area contributed by atoms with E-state index in [4.69, 9.17) is 0 Å². The molecule has 1 aliphatic rings. The molecule has 144 valence electrons. The monoisotopic (exact) mass is 396 g/mol. The van der Waals surface area contributed by atoms with E-state index >= 15 is 0 Å². The van der Waals surface area contributed by atoms with Crippen molar-refractivity contribution in [2.75, 3.05) is 38.0 Å². The van der Waals surface area contributed by atoms with Crippen molar-refractivity contribution in [1.82, 2.24) is 0 Å². The Labute approximate surface area is 186 Å². The van der Waals surface area contributed by atoms with E-state index in [0.29, 0.717) is 0 Å². The number of hydrogen-bond donors (Lipinski definition) is 0. The molecule has 0 atom stereocenters. The van der Waals surface area contributed by atoms with Gasteiger partial charge in [0, 0.05) is 0 Å². The van der Waals surface area contributed by atoms with Crippen LogP contribution in [0.5, 0.6) is 0 Å². The van der Waals surface area contributed by atoms with Crippen molar-refractivity contribution in [3.63, 3.8) is 0 Å². The largest absolute Gasteiger partial charge is 3.00 e. The van der Waals surface area contributed by atoms with Gasteiger partial charge < -0.3 is 15.7 Å². The average molecular weight is 397 g/mol. The first kappa shape index (κ1) is 25.7. The van der Waals surface area contributed by atoms with Crippen molar-refractivity contribution in [2.24, 2.45) is 0 Å². The molecule has 2 aromatic rings. The fourth-order valence-corrected chi connectivity index (χ4v) is 2.87. The average Bonchev–Trinajstić information content (AvgIpc) is 3.07. The minimum atomic E-state index is 0. The fourth-order valence-electron chi connectivity index (χ4n) is 2.87. The van der Waals surface area contributed by atoms with E-state index in [9.17, 15) is 0 Å². The van der Waals surface area contributed by atoms with Crippen LogP contribution in [0.1, 0.15) is 43.7 Å². The molecular weight excluding hydrogens is 361 g/mol. The zero-order valence-electron chi connectivity index (χ0n) is 17.8. The van der Waals surface area contributed by atoms with Gasteiger partial charge in [0.25, 0.3) is 0 Å². The molecule has 0 radical (unpaired) electrons. The first-order valence-electron chi connectivity index (χ1n) is 9.30. The van der Waals surface area contributed by atoms with Gasteiger partial charge in [-0.3, -0.25) is 0 Å². The van der Waals surface area contributed by atoms with Gasteiger partial charge >= 0.3 is 25.8 Å². The molecule has 2 nitrogen and oxygen atoms in total. The van der Waals surface area contributed by atoms with Gasteiger partial charge in [-0.15, -0.1) is 12.1 Å². The van der Waals surface area contributed by atoms with Gasteiger partial charge in [0.15, 0.2) is 0 Å². The minimum Gasteiger partial charge on any atom is -0.428 e. The van der Waals surface area contributed by atoms with E-state index in [1.54, 1.807) is 5.92 Å². The first-order valence-corrected chi connectivity index (χ1v) is 9.30. The predicted octanol–water partition coefficient (Wildman–Crippen LogP) is 6.02. The molecule has 0 amide bonds. The van der Waals surface area contributed by atoms with Crippen LogP contribution in [0.25, 0.3) is 0 Å². The smallest absolute Gasteiger partial charge is 0.428 e. The van der Waals surface area contributed by atoms with Crippen LogP contribution in [-0.4, -0.2) is 28.2 Å². The minimum absolute atomic E-state index is 0. The Morgan fingerprint density at radius 2 is 1.04 bits per heavy atom. The fraction of sp³-hybridized carbons (Fsp3) is 0.375. The second kappa shape index (κ2) is 13.8. The molecule has 1 fully saturated rings. The van der Waals surface area contributed by atoms with Crippen molar-refractivity contribution in [3.05, 3.63) is 79.4 Å². The maximum atomic E-state index is 3.90. The Kier molecular flexibility index (Phi) is 13.1. The standard InChI is InChI=1S/2C9H12N.C6H11.Sc/c2*1-8-6-4-5-7-9(8)10(2)3;1-6-4-2-3-5-6;/h2*4-7H,1H2,2-3H3;2-5H2,1H3;/q3*-1;+3. The van der Waals surface area contributed by atoms with E-state index in [1.165, 1.54) is 37.1 Å². The molecule has 0 aliphatic heterocycles. The summed E-state index contributed by atoms with van der Waals surface area (Å²) in [6.45, 7) is 10.1. The molecule has 3 heteroatoms. The van der Waals surface area contributed by atoms with Crippen LogP contribution in [0.15, 0.2) is 48.5 Å². The SMILES string of the molecule is C[C-]1CCCC1.[CH2-]c1ccccc1N(C)C.[CH2-]c1ccccc1N(C)C.[Sc+3]. The molecule has 0 aromatic heterocycles. The Balaban J connectivity index is 0.000000380. The molecule has 0 heterocycles. The summed E-state index contributed by atoms with van der Waals surface area (Å²) < 4.78 is 0. The molecule has 1 aliphatic carbocycles. The Bertz CT molecular complexity index is 582. The van der Waals surface area contributed by atoms with E-state index < -0.39 is 0 Å². The summed E-state index contributed by atoms with van der Waals surface area (Å²) in [5.41, 5.74) is 4.52. The zero-order chi connectivity index (χ0) is 19.5. The predicted molar refractivity (Wildman–Crippen MR) is 118 cm³/mol. The van der Waals surface area contributed by atoms with Gasteiger partial charge in [-0.25, -0.2) is 0 Å². The van der Waals surface area contributed by atoms with Gasteiger partial charge in [0.05, 0.1) is 0 Å². The topological polar surface area (TPSA) is 6.48 Å². The number of rotatable bonds is 2. The normalized spacial score (nSPS) is 12.6. The van der Waals surface area contributed by atoms with Crippen LogP contribution < -0.4 is 9.80 Å². The van der Waals surface area contributed by atoms with Crippen molar-refractivity contribution in [2.45, 2.75) is 32.6 Å². The number of anilines is 2. The van der Waals surface area contributed by atoms with Crippen molar-refractivity contribution in [3.8, 4) is 0 Å². The molecule has 2 aromatic carbocycles. The van der Waals surface area contributed by atoms with E-state index in [0.717, 1.165) is 11.1 Å². The van der Waals surface area contributed by atoms with Crippen molar-refractivity contribution >= 4 is 11.4 Å². The number of para-hydroxylation sites is 2. The molecule has 0 saturated heterocycles. The van der Waals surface area contributed by atoms with Gasteiger partial charge in [-0.2, -0.15) is 56.9 Å². The molecule has 0 unspecified atom stereocenters. The summed E-state index contributed by atoms with van der Waals surface area (Å²) >= 11 is 0. The number of hydrogen-bond acceptors (Lipinski definition) is 2. The molecule has 0 N–H and O–H groups in total. The second-order valence-corrected chi connectivity index (χ2v) is 7.21. The molecule has 1 saturated carbocycles. The third-order valence-corrected chi connectivity index (χ3v) is 4.40. The molecule has 27 heavy (non-hydrogen) atoms. The zero-order valence-corrected chi connectivity index (χ0v) is 19.6. The summed E-state index contributed by atoms with van der Waals surface area (Å²) in [6, 6.07) is 16.2. The third-order valence-electron chi connectivity index (χ3n) is 4.40. The van der Waals surface area contributed by atoms with Gasteiger partial charge in [0.2, 0.25) is 0 Å². The molecular formula is C24H35N2Sc. The van der Waals surface area contributed by atoms with E-state index in [2.05, 4.69) is 42.7 Å². The van der Waals surface area contributed by atoms with Crippen LogP contribution in [0.2, 0.25) is 0 Å². The first-order chi connectivity index (χ1) is 12.3. The quantitative estimate of drug-likeness (QED) is 0.573. The summed E-state index contributed by atoms with van der Waals surface area (Å²) in [5, 5.41) is 0. The van der Waals surface area contributed by atoms with Crippen LogP contribution in [0.4, 0.5) is 11.4 Å². The third kappa shape index (κ3) is 9.95. The van der Waals surface area contributed by atoms with E-state index in [-0.39, 0.29) is 25.8 Å².